The van der Waals surface area contributed by atoms with E-state index < -0.39 is 6.10 Å². The summed E-state index contributed by atoms with van der Waals surface area (Å²) in [7, 11) is 1.77. The smallest absolute Gasteiger partial charge is 0.227 e. The van der Waals surface area contributed by atoms with Gasteiger partial charge in [-0.1, -0.05) is 41.9 Å². The number of amides is 1. The minimum Gasteiger partial charge on any atom is -0.489 e. The van der Waals surface area contributed by atoms with Gasteiger partial charge in [-0.05, 0) is 61.9 Å². The number of carbonyl (C=O) groups is 1. The Kier molecular flexibility index (Phi) is 7.16. The van der Waals surface area contributed by atoms with Crippen LogP contribution in [-0.4, -0.2) is 55.3 Å². The Morgan fingerprint density at radius 1 is 1.16 bits per heavy atom. The first-order chi connectivity index (χ1) is 15.0. The van der Waals surface area contributed by atoms with E-state index in [0.29, 0.717) is 36.1 Å². The fraction of sp³-hybridized carbons (Fsp3) is 0.480. The molecule has 0 saturated carbocycles. The highest BCUT2D eigenvalue weighted by molar-refractivity contribution is 6.32. The molecule has 1 fully saturated rings. The molecule has 0 bridgehead atoms. The van der Waals surface area contributed by atoms with Crippen molar-refractivity contribution in [2.45, 2.75) is 38.2 Å². The van der Waals surface area contributed by atoms with Crippen LogP contribution in [0, 0.1) is 5.92 Å². The van der Waals surface area contributed by atoms with E-state index in [0.717, 1.165) is 43.6 Å². The van der Waals surface area contributed by atoms with Crippen molar-refractivity contribution in [3.05, 3.63) is 58.6 Å². The lowest BCUT2D eigenvalue weighted by molar-refractivity contribution is -0.118. The zero-order chi connectivity index (χ0) is 21.8. The minimum atomic E-state index is -0.586. The Labute approximate surface area is 189 Å². The number of benzene rings is 2. The maximum absolute atomic E-state index is 12.0. The molecule has 2 aromatic rings. The molecule has 4 rings (SSSR count). The number of hydrogen-bond acceptors (Lipinski definition) is 4. The number of piperidine rings is 1. The number of ether oxygens (including phenoxy) is 1. The number of aliphatic hydroxyl groups is 1. The van der Waals surface area contributed by atoms with Gasteiger partial charge in [-0.2, -0.15) is 0 Å². The summed E-state index contributed by atoms with van der Waals surface area (Å²) in [5.74, 6) is 1.32. The monoisotopic (exact) mass is 442 g/mol. The number of halogens is 1. The summed E-state index contributed by atoms with van der Waals surface area (Å²) >= 11 is 6.38. The fourth-order valence-electron chi connectivity index (χ4n) is 4.61. The van der Waals surface area contributed by atoms with E-state index in [2.05, 4.69) is 35.2 Å². The first kappa shape index (κ1) is 22.1. The lowest BCUT2D eigenvalue weighted by atomic mass is 9.90. The number of nitrogens with zero attached hydrogens (tertiary/aromatic N) is 2. The summed E-state index contributed by atoms with van der Waals surface area (Å²) < 4.78 is 5.84. The number of anilines is 1. The number of aryl methyl sites for hydroxylation is 1. The van der Waals surface area contributed by atoms with Gasteiger partial charge in [0.05, 0.1) is 10.7 Å². The predicted molar refractivity (Wildman–Crippen MR) is 124 cm³/mol. The maximum Gasteiger partial charge on any atom is 0.227 e. The third-order valence-electron chi connectivity index (χ3n) is 6.45. The summed E-state index contributed by atoms with van der Waals surface area (Å²) in [5.41, 5.74) is 3.30. The number of rotatable bonds is 7. The molecule has 0 spiro atoms. The third-order valence-corrected chi connectivity index (χ3v) is 6.75. The maximum atomic E-state index is 12.0. The van der Waals surface area contributed by atoms with Crippen LogP contribution in [0.4, 0.5) is 5.69 Å². The first-order valence-electron chi connectivity index (χ1n) is 11.2. The van der Waals surface area contributed by atoms with E-state index in [1.807, 2.05) is 12.1 Å². The van der Waals surface area contributed by atoms with Gasteiger partial charge in [0.15, 0.2) is 0 Å². The van der Waals surface area contributed by atoms with Crippen molar-refractivity contribution in [1.82, 2.24) is 4.90 Å². The van der Waals surface area contributed by atoms with E-state index in [4.69, 9.17) is 16.3 Å². The summed E-state index contributed by atoms with van der Waals surface area (Å²) in [6.45, 7) is 2.78. The second kappa shape index (κ2) is 10.0. The van der Waals surface area contributed by atoms with Crippen LogP contribution in [0.15, 0.2) is 42.5 Å². The highest BCUT2D eigenvalue weighted by atomic mass is 35.5. The average molecular weight is 443 g/mol. The normalized spacial score (nSPS) is 18.7. The number of hydrogen-bond donors (Lipinski definition) is 1. The highest BCUT2D eigenvalue weighted by Crippen LogP contribution is 2.36. The number of fused-ring (bicyclic) bond motifs is 1. The van der Waals surface area contributed by atoms with Gasteiger partial charge < -0.3 is 19.6 Å². The molecule has 6 heteroatoms. The summed E-state index contributed by atoms with van der Waals surface area (Å²) in [6, 6.07) is 14.4. The predicted octanol–water partition coefficient (Wildman–Crippen LogP) is 3.94. The molecular formula is C25H31ClN2O3. The van der Waals surface area contributed by atoms with E-state index >= 15 is 0 Å². The molecule has 31 heavy (non-hydrogen) atoms. The average Bonchev–Trinajstić information content (AvgIpc) is 2.77. The van der Waals surface area contributed by atoms with Gasteiger partial charge in [0.2, 0.25) is 5.91 Å². The van der Waals surface area contributed by atoms with Gasteiger partial charge in [0, 0.05) is 26.1 Å². The second-order valence-electron chi connectivity index (χ2n) is 8.76. The molecule has 1 saturated heterocycles. The standard InChI is InChI=1S/C25H31ClN2O3/c1-27-23-15-24(22(26)14-20(23)7-8-25(27)30)31-17-21(29)16-28-11-9-19(10-12-28)13-18-5-3-2-4-6-18/h2-6,14-15,19,21,29H,7-13,16-17H2,1H3. The Bertz CT molecular complexity index is 897. The lowest BCUT2D eigenvalue weighted by Crippen LogP contribution is -2.41. The molecule has 1 N–H and O–H groups in total. The minimum absolute atomic E-state index is 0.0940. The Balaban J connectivity index is 1.25. The summed E-state index contributed by atoms with van der Waals surface area (Å²) in [5, 5.41) is 11.0. The Hall–Kier alpha value is -2.08. The van der Waals surface area contributed by atoms with Crippen LogP contribution in [0.1, 0.15) is 30.4 Å². The zero-order valence-electron chi connectivity index (χ0n) is 18.1. The largest absolute Gasteiger partial charge is 0.489 e. The van der Waals surface area contributed by atoms with Gasteiger partial charge in [0.25, 0.3) is 0 Å². The molecule has 0 radical (unpaired) electrons. The van der Waals surface area contributed by atoms with Crippen LogP contribution >= 0.6 is 11.6 Å². The second-order valence-corrected chi connectivity index (χ2v) is 9.17. The molecule has 2 heterocycles. The van der Waals surface area contributed by atoms with Gasteiger partial charge >= 0.3 is 0 Å². The molecule has 0 aromatic heterocycles. The van der Waals surface area contributed by atoms with Crippen LogP contribution < -0.4 is 9.64 Å². The molecule has 2 aliphatic rings. The van der Waals surface area contributed by atoms with Crippen molar-refractivity contribution in [1.29, 1.82) is 0 Å². The molecule has 1 atom stereocenters. The van der Waals surface area contributed by atoms with E-state index in [-0.39, 0.29) is 12.5 Å². The van der Waals surface area contributed by atoms with Gasteiger partial charge in [0.1, 0.15) is 18.5 Å². The van der Waals surface area contributed by atoms with E-state index in [1.165, 1.54) is 5.56 Å². The quantitative estimate of drug-likeness (QED) is 0.705. The van der Waals surface area contributed by atoms with Crippen molar-refractivity contribution < 1.29 is 14.6 Å². The molecule has 1 unspecified atom stereocenters. The SMILES string of the molecule is CN1C(=O)CCc2cc(Cl)c(OCC(O)CN3CCC(Cc4ccccc4)CC3)cc21. The van der Waals surface area contributed by atoms with Crippen LogP contribution in [0.3, 0.4) is 0 Å². The van der Waals surface area contributed by atoms with Crippen LogP contribution in [0.25, 0.3) is 0 Å². The number of aliphatic hydroxyl groups excluding tert-OH is 1. The van der Waals surface area contributed by atoms with E-state index in [1.54, 1.807) is 11.9 Å². The molecule has 5 nitrogen and oxygen atoms in total. The van der Waals surface area contributed by atoms with Crippen molar-refractivity contribution in [2.24, 2.45) is 5.92 Å². The Morgan fingerprint density at radius 2 is 1.90 bits per heavy atom. The van der Waals surface area contributed by atoms with Crippen LogP contribution in [0.2, 0.25) is 5.02 Å². The lowest BCUT2D eigenvalue weighted by Gasteiger charge is -2.33. The van der Waals surface area contributed by atoms with E-state index in [9.17, 15) is 9.90 Å². The topological polar surface area (TPSA) is 53.0 Å². The fourth-order valence-corrected chi connectivity index (χ4v) is 4.85. The van der Waals surface area contributed by atoms with Gasteiger partial charge in [-0.15, -0.1) is 0 Å². The number of likely N-dealkylation sites (tertiary alicyclic amines) is 1. The van der Waals surface area contributed by atoms with Crippen molar-refractivity contribution >= 4 is 23.2 Å². The molecule has 0 aliphatic carbocycles. The third kappa shape index (κ3) is 5.59. The number of β-amino-alcohol motifs (C(OH)–C–C–N with tert-alkyl or cyclic N) is 1. The van der Waals surface area contributed by atoms with Gasteiger partial charge in [-0.25, -0.2) is 0 Å². The van der Waals surface area contributed by atoms with Crippen molar-refractivity contribution in [2.75, 3.05) is 38.2 Å². The number of carbonyl (C=O) groups excluding carboxylic acids is 1. The molecule has 166 valence electrons. The summed E-state index contributed by atoms with van der Waals surface area (Å²) in [6.07, 6.45) is 4.05. The molecule has 1 amide bonds. The van der Waals surface area contributed by atoms with Crippen LogP contribution in [0.5, 0.6) is 5.75 Å². The van der Waals surface area contributed by atoms with Crippen molar-refractivity contribution in [3.8, 4) is 5.75 Å². The Morgan fingerprint density at radius 3 is 2.65 bits per heavy atom. The molecule has 2 aromatic carbocycles. The van der Waals surface area contributed by atoms with Crippen molar-refractivity contribution in [3.63, 3.8) is 0 Å². The first-order valence-corrected chi connectivity index (χ1v) is 11.5. The highest BCUT2D eigenvalue weighted by Gasteiger charge is 2.24. The molecule has 2 aliphatic heterocycles. The summed E-state index contributed by atoms with van der Waals surface area (Å²) in [4.78, 5) is 15.9. The van der Waals surface area contributed by atoms with Gasteiger partial charge in [-0.3, -0.25) is 4.79 Å². The zero-order valence-corrected chi connectivity index (χ0v) is 18.9. The molecular weight excluding hydrogens is 412 g/mol. The van der Waals surface area contributed by atoms with Crippen LogP contribution in [-0.2, 0) is 17.6 Å².